The van der Waals surface area contributed by atoms with Crippen molar-refractivity contribution < 1.29 is 15.0 Å². The largest absolute Gasteiger partial charge is 0.481 e. The maximum absolute atomic E-state index is 11.0. The molecular formula is C16H32O3. The first kappa shape index (κ1) is 18.4. The molecule has 0 spiro atoms. The number of carboxylic acid groups (broad SMARTS) is 1. The van der Waals surface area contributed by atoms with Crippen molar-refractivity contribution in [2.75, 3.05) is 6.61 Å². The van der Waals surface area contributed by atoms with Crippen LogP contribution < -0.4 is 0 Å². The van der Waals surface area contributed by atoms with Gasteiger partial charge in [-0.2, -0.15) is 0 Å². The summed E-state index contributed by atoms with van der Waals surface area (Å²) in [7, 11) is 0. The van der Waals surface area contributed by atoms with Gasteiger partial charge in [0.1, 0.15) is 0 Å². The molecule has 114 valence electrons. The molecule has 0 heterocycles. The molecular weight excluding hydrogens is 240 g/mol. The van der Waals surface area contributed by atoms with Gasteiger partial charge in [0.2, 0.25) is 0 Å². The second-order valence-electron chi connectivity index (χ2n) is 6.77. The second-order valence-corrected chi connectivity index (χ2v) is 6.77. The number of carbonyl (C=O) groups is 1. The number of unbranched alkanes of at least 4 members (excludes halogenated alkanes) is 4. The van der Waals surface area contributed by atoms with E-state index in [1.54, 1.807) is 0 Å². The van der Waals surface area contributed by atoms with Crippen LogP contribution in [0, 0.1) is 11.3 Å². The molecule has 19 heavy (non-hydrogen) atoms. The fourth-order valence-electron chi connectivity index (χ4n) is 2.31. The first-order chi connectivity index (χ1) is 8.87. The summed E-state index contributed by atoms with van der Waals surface area (Å²) in [4.78, 5) is 11.0. The third-order valence-corrected chi connectivity index (χ3v) is 3.54. The molecule has 0 aromatic rings. The first-order valence-electron chi connectivity index (χ1n) is 7.70. The summed E-state index contributed by atoms with van der Waals surface area (Å²) in [5.41, 5.74) is 0.429. The Hall–Kier alpha value is -0.570. The summed E-state index contributed by atoms with van der Waals surface area (Å²) in [6, 6.07) is 0. The lowest BCUT2D eigenvalue weighted by Gasteiger charge is -2.17. The molecule has 0 saturated heterocycles. The highest BCUT2D eigenvalue weighted by molar-refractivity contribution is 5.69. The predicted molar refractivity (Wildman–Crippen MR) is 79.2 cm³/mol. The van der Waals surface area contributed by atoms with Crippen LogP contribution in [0.5, 0.6) is 0 Å². The molecule has 1 atom stereocenters. The van der Waals surface area contributed by atoms with Crippen molar-refractivity contribution in [3.63, 3.8) is 0 Å². The van der Waals surface area contributed by atoms with Crippen LogP contribution in [-0.2, 0) is 4.79 Å². The van der Waals surface area contributed by atoms with Gasteiger partial charge < -0.3 is 10.2 Å². The molecule has 3 heteroatoms. The third kappa shape index (κ3) is 12.2. The quantitative estimate of drug-likeness (QED) is 0.553. The Morgan fingerprint density at radius 1 is 0.947 bits per heavy atom. The van der Waals surface area contributed by atoms with E-state index in [-0.39, 0.29) is 12.5 Å². The molecule has 0 bridgehead atoms. The number of hydrogen-bond acceptors (Lipinski definition) is 2. The average Bonchev–Trinajstić information content (AvgIpc) is 2.29. The van der Waals surface area contributed by atoms with E-state index in [0.717, 1.165) is 19.3 Å². The van der Waals surface area contributed by atoms with Crippen LogP contribution in [0.4, 0.5) is 0 Å². The summed E-state index contributed by atoms with van der Waals surface area (Å²) in [5.74, 6) is -0.970. The lowest BCUT2D eigenvalue weighted by Crippen LogP contribution is -2.14. The van der Waals surface area contributed by atoms with Gasteiger partial charge in [-0.3, -0.25) is 4.79 Å². The molecule has 0 aliphatic carbocycles. The zero-order chi connectivity index (χ0) is 14.7. The average molecular weight is 272 g/mol. The highest BCUT2D eigenvalue weighted by Gasteiger charge is 2.16. The Morgan fingerprint density at radius 2 is 1.47 bits per heavy atom. The summed E-state index contributed by atoms with van der Waals surface area (Å²) < 4.78 is 0. The topological polar surface area (TPSA) is 57.5 Å². The fraction of sp³-hybridized carbons (Fsp3) is 0.938. The van der Waals surface area contributed by atoms with Gasteiger partial charge in [-0.25, -0.2) is 0 Å². The molecule has 0 radical (unpaired) electrons. The van der Waals surface area contributed by atoms with Crippen LogP contribution in [0.2, 0.25) is 0 Å². The molecule has 0 aromatic carbocycles. The number of aliphatic carboxylic acids is 1. The number of aliphatic hydroxyl groups excluding tert-OH is 1. The third-order valence-electron chi connectivity index (χ3n) is 3.54. The number of rotatable bonds is 11. The van der Waals surface area contributed by atoms with Gasteiger partial charge in [-0.05, 0) is 31.1 Å². The number of hydrogen-bond donors (Lipinski definition) is 2. The fourth-order valence-corrected chi connectivity index (χ4v) is 2.31. The van der Waals surface area contributed by atoms with Crippen LogP contribution >= 0.6 is 0 Å². The summed E-state index contributed by atoms with van der Waals surface area (Å²) in [6.07, 6.45) is 9.10. The Morgan fingerprint density at radius 3 is 2.00 bits per heavy atom. The summed E-state index contributed by atoms with van der Waals surface area (Å²) in [5, 5.41) is 17.8. The van der Waals surface area contributed by atoms with E-state index < -0.39 is 5.97 Å². The van der Waals surface area contributed by atoms with Crippen LogP contribution in [0.25, 0.3) is 0 Å². The smallest absolute Gasteiger partial charge is 0.306 e. The molecule has 0 amide bonds. The lowest BCUT2D eigenvalue weighted by atomic mass is 9.89. The minimum absolute atomic E-state index is 0.0938. The van der Waals surface area contributed by atoms with Crippen LogP contribution in [-0.4, -0.2) is 22.8 Å². The molecule has 0 fully saturated rings. The van der Waals surface area contributed by atoms with E-state index in [1.165, 1.54) is 25.7 Å². The minimum Gasteiger partial charge on any atom is -0.481 e. The molecule has 0 saturated carbocycles. The van der Waals surface area contributed by atoms with Crippen molar-refractivity contribution in [1.82, 2.24) is 0 Å². The van der Waals surface area contributed by atoms with E-state index in [0.29, 0.717) is 18.3 Å². The molecule has 0 aliphatic rings. The van der Waals surface area contributed by atoms with Gasteiger partial charge in [-0.1, -0.05) is 52.9 Å². The van der Waals surface area contributed by atoms with Crippen molar-refractivity contribution in [2.45, 2.75) is 78.6 Å². The zero-order valence-electron chi connectivity index (χ0n) is 13.0. The Labute approximate surface area is 118 Å². The van der Waals surface area contributed by atoms with Crippen LogP contribution in [0.1, 0.15) is 78.6 Å². The lowest BCUT2D eigenvalue weighted by molar-refractivity contribution is -0.142. The Balaban J connectivity index is 3.52. The van der Waals surface area contributed by atoms with E-state index in [4.69, 9.17) is 10.2 Å². The van der Waals surface area contributed by atoms with Crippen molar-refractivity contribution in [2.24, 2.45) is 11.3 Å². The van der Waals surface area contributed by atoms with Gasteiger partial charge in [0, 0.05) is 6.61 Å². The Kier molecular flexibility index (Phi) is 9.94. The molecule has 2 N–H and O–H groups in total. The highest BCUT2D eigenvalue weighted by atomic mass is 16.4. The van der Waals surface area contributed by atoms with Crippen molar-refractivity contribution in [1.29, 1.82) is 0 Å². The number of carboxylic acids is 1. The predicted octanol–water partition coefficient (Wildman–Crippen LogP) is 4.24. The molecule has 1 unspecified atom stereocenters. The molecule has 0 aromatic heterocycles. The molecule has 0 aliphatic heterocycles. The van der Waals surface area contributed by atoms with Crippen molar-refractivity contribution in [3.8, 4) is 0 Å². The number of aliphatic hydroxyl groups is 1. The zero-order valence-corrected chi connectivity index (χ0v) is 13.0. The minimum atomic E-state index is -0.707. The van der Waals surface area contributed by atoms with Crippen molar-refractivity contribution >= 4 is 5.97 Å². The van der Waals surface area contributed by atoms with Gasteiger partial charge in [0.05, 0.1) is 5.92 Å². The first-order valence-corrected chi connectivity index (χ1v) is 7.70. The Bertz CT molecular complexity index is 231. The summed E-state index contributed by atoms with van der Waals surface area (Å²) >= 11 is 0. The SMILES string of the molecule is CC(C)(C)CCCCCCCC(CCCO)C(=O)O. The van der Waals surface area contributed by atoms with E-state index in [2.05, 4.69) is 20.8 Å². The van der Waals surface area contributed by atoms with Gasteiger partial charge in [-0.15, -0.1) is 0 Å². The van der Waals surface area contributed by atoms with E-state index in [1.807, 2.05) is 0 Å². The molecule has 0 rings (SSSR count). The highest BCUT2D eigenvalue weighted by Crippen LogP contribution is 2.23. The standard InChI is InChI=1S/C16H32O3/c1-16(2,3)12-8-6-4-5-7-10-14(15(18)19)11-9-13-17/h14,17H,4-13H2,1-3H3,(H,18,19). The second kappa shape index (κ2) is 10.2. The van der Waals surface area contributed by atoms with Crippen LogP contribution in [0.3, 0.4) is 0 Å². The monoisotopic (exact) mass is 272 g/mol. The summed E-state index contributed by atoms with van der Waals surface area (Å²) in [6.45, 7) is 6.90. The van der Waals surface area contributed by atoms with Gasteiger partial charge in [0.25, 0.3) is 0 Å². The van der Waals surface area contributed by atoms with E-state index >= 15 is 0 Å². The van der Waals surface area contributed by atoms with Gasteiger partial charge >= 0.3 is 5.97 Å². The normalized spacial score (nSPS) is 13.5. The maximum Gasteiger partial charge on any atom is 0.306 e. The van der Waals surface area contributed by atoms with E-state index in [9.17, 15) is 4.79 Å². The molecule has 3 nitrogen and oxygen atoms in total. The maximum atomic E-state index is 11.0. The van der Waals surface area contributed by atoms with Gasteiger partial charge in [0.15, 0.2) is 0 Å². The van der Waals surface area contributed by atoms with Crippen LogP contribution in [0.15, 0.2) is 0 Å². The van der Waals surface area contributed by atoms with Crippen molar-refractivity contribution in [3.05, 3.63) is 0 Å².